The van der Waals surface area contributed by atoms with Crippen molar-refractivity contribution in [3.63, 3.8) is 0 Å². The molecule has 0 aliphatic rings. The lowest BCUT2D eigenvalue weighted by Crippen LogP contribution is -2.06. The van der Waals surface area contributed by atoms with Crippen molar-refractivity contribution in [1.82, 2.24) is 0 Å². The van der Waals surface area contributed by atoms with Crippen LogP contribution in [0.1, 0.15) is 5.56 Å². The molecular weight excluding hydrogens is 273 g/mol. The number of hydrogen-bond donors (Lipinski definition) is 1. The third-order valence-corrected chi connectivity index (χ3v) is 2.69. The second-order valence-electron chi connectivity index (χ2n) is 3.96. The number of anilines is 1. The summed E-state index contributed by atoms with van der Waals surface area (Å²) in [7, 11) is 0. The topological polar surface area (TPSA) is 55.2 Å². The minimum atomic E-state index is -1.59. The Kier molecular flexibility index (Phi) is 3.88. The first-order valence-electron chi connectivity index (χ1n) is 5.60. The Balaban J connectivity index is 2.22. The van der Waals surface area contributed by atoms with Gasteiger partial charge in [-0.15, -0.1) is 0 Å². The fourth-order valence-electron chi connectivity index (χ4n) is 1.69. The molecule has 0 saturated carbocycles. The highest BCUT2D eigenvalue weighted by Crippen LogP contribution is 2.22. The van der Waals surface area contributed by atoms with Crippen molar-refractivity contribution in [3.8, 4) is 0 Å². The van der Waals surface area contributed by atoms with Crippen LogP contribution in [0.3, 0.4) is 0 Å². The maximum Gasteiger partial charge on any atom is 0.274 e. The lowest BCUT2D eigenvalue weighted by molar-refractivity contribution is -0.385. The molecular formula is C13H9F3N2O2. The van der Waals surface area contributed by atoms with Crippen molar-refractivity contribution in [1.29, 1.82) is 0 Å². The Morgan fingerprint density at radius 1 is 1.05 bits per heavy atom. The highest BCUT2D eigenvalue weighted by atomic mass is 19.2. The van der Waals surface area contributed by atoms with E-state index in [-0.39, 0.29) is 17.9 Å². The number of nitro benzene ring substituents is 1. The van der Waals surface area contributed by atoms with Crippen molar-refractivity contribution in [2.24, 2.45) is 0 Å². The van der Waals surface area contributed by atoms with Crippen LogP contribution in [0.2, 0.25) is 0 Å². The van der Waals surface area contributed by atoms with Gasteiger partial charge >= 0.3 is 0 Å². The average Bonchev–Trinajstić information content (AvgIpc) is 2.44. The molecule has 0 spiro atoms. The van der Waals surface area contributed by atoms with Crippen LogP contribution in [0.5, 0.6) is 0 Å². The van der Waals surface area contributed by atoms with E-state index in [0.717, 1.165) is 12.1 Å². The molecule has 0 aliphatic carbocycles. The predicted molar refractivity (Wildman–Crippen MR) is 66.7 cm³/mol. The molecule has 0 aliphatic heterocycles. The van der Waals surface area contributed by atoms with Gasteiger partial charge in [-0.05, 0) is 12.1 Å². The molecule has 2 aromatic carbocycles. The van der Waals surface area contributed by atoms with E-state index in [1.54, 1.807) is 6.07 Å². The summed E-state index contributed by atoms with van der Waals surface area (Å²) in [6, 6.07) is 7.69. The summed E-state index contributed by atoms with van der Waals surface area (Å²) in [6.07, 6.45) is 0. The van der Waals surface area contributed by atoms with Crippen LogP contribution in [-0.2, 0) is 6.54 Å². The van der Waals surface area contributed by atoms with Crippen molar-refractivity contribution >= 4 is 11.4 Å². The van der Waals surface area contributed by atoms with E-state index in [2.05, 4.69) is 5.32 Å². The molecule has 1 N–H and O–H groups in total. The minimum Gasteiger partial charge on any atom is -0.378 e. The highest BCUT2D eigenvalue weighted by molar-refractivity contribution is 5.48. The van der Waals surface area contributed by atoms with Crippen LogP contribution < -0.4 is 5.32 Å². The largest absolute Gasteiger partial charge is 0.378 e. The van der Waals surface area contributed by atoms with Gasteiger partial charge in [0, 0.05) is 18.2 Å². The SMILES string of the molecule is O=[N+]([O-])c1ccccc1CNc1ccc(F)c(F)c1F. The van der Waals surface area contributed by atoms with Crippen molar-refractivity contribution in [2.45, 2.75) is 6.54 Å². The van der Waals surface area contributed by atoms with Gasteiger partial charge in [0.25, 0.3) is 5.69 Å². The number of hydrogen-bond acceptors (Lipinski definition) is 3. The van der Waals surface area contributed by atoms with Crippen molar-refractivity contribution < 1.29 is 18.1 Å². The summed E-state index contributed by atoms with van der Waals surface area (Å²) in [5.74, 6) is -4.24. The first-order valence-corrected chi connectivity index (χ1v) is 5.60. The summed E-state index contributed by atoms with van der Waals surface area (Å²) < 4.78 is 39.2. The van der Waals surface area contributed by atoms with E-state index in [0.29, 0.717) is 5.56 Å². The fourth-order valence-corrected chi connectivity index (χ4v) is 1.69. The summed E-state index contributed by atoms with van der Waals surface area (Å²) in [5.41, 5.74) is -0.0910. The summed E-state index contributed by atoms with van der Waals surface area (Å²) in [4.78, 5) is 10.2. The first-order chi connectivity index (χ1) is 9.50. The van der Waals surface area contributed by atoms with Gasteiger partial charge in [0.2, 0.25) is 0 Å². The average molecular weight is 282 g/mol. The minimum absolute atomic E-state index is 0.0842. The van der Waals surface area contributed by atoms with Gasteiger partial charge < -0.3 is 5.32 Å². The maximum absolute atomic E-state index is 13.4. The zero-order valence-corrected chi connectivity index (χ0v) is 10.1. The van der Waals surface area contributed by atoms with Gasteiger partial charge in [0.15, 0.2) is 17.5 Å². The summed E-state index contributed by atoms with van der Waals surface area (Å²) in [5, 5.41) is 13.3. The lowest BCUT2D eigenvalue weighted by atomic mass is 10.1. The van der Waals surface area contributed by atoms with Gasteiger partial charge in [-0.25, -0.2) is 13.2 Å². The van der Waals surface area contributed by atoms with Crippen molar-refractivity contribution in [2.75, 3.05) is 5.32 Å². The van der Waals surface area contributed by atoms with E-state index in [9.17, 15) is 23.3 Å². The van der Waals surface area contributed by atoms with Gasteiger partial charge in [-0.3, -0.25) is 10.1 Å². The molecule has 0 amide bonds. The maximum atomic E-state index is 13.4. The molecule has 0 heterocycles. The zero-order valence-electron chi connectivity index (χ0n) is 10.1. The number of nitro groups is 1. The lowest BCUT2D eigenvalue weighted by Gasteiger charge is -2.08. The molecule has 2 aromatic rings. The summed E-state index contributed by atoms with van der Waals surface area (Å²) >= 11 is 0. The molecule has 0 aromatic heterocycles. The Morgan fingerprint density at radius 2 is 1.75 bits per heavy atom. The van der Waals surface area contributed by atoms with E-state index in [1.807, 2.05) is 0 Å². The Morgan fingerprint density at radius 3 is 2.45 bits per heavy atom. The quantitative estimate of drug-likeness (QED) is 0.529. The predicted octanol–water partition coefficient (Wildman–Crippen LogP) is 3.62. The number of nitrogens with zero attached hydrogens (tertiary/aromatic N) is 1. The van der Waals surface area contributed by atoms with Gasteiger partial charge in [0.1, 0.15) is 0 Å². The molecule has 104 valence electrons. The molecule has 0 atom stereocenters. The van der Waals surface area contributed by atoms with Gasteiger partial charge in [-0.1, -0.05) is 18.2 Å². The second kappa shape index (κ2) is 5.60. The van der Waals surface area contributed by atoms with Crippen LogP contribution >= 0.6 is 0 Å². The van der Waals surface area contributed by atoms with Crippen LogP contribution in [-0.4, -0.2) is 4.92 Å². The fraction of sp³-hybridized carbons (Fsp3) is 0.0769. The standard InChI is InChI=1S/C13H9F3N2O2/c14-9-5-6-10(13(16)12(9)15)17-7-8-3-1-2-4-11(8)18(19)20/h1-6,17H,7H2. The second-order valence-corrected chi connectivity index (χ2v) is 3.96. The van der Waals surface area contributed by atoms with Gasteiger partial charge in [0.05, 0.1) is 10.6 Å². The zero-order chi connectivity index (χ0) is 14.7. The number of para-hydroxylation sites is 1. The Hall–Kier alpha value is -2.57. The van der Waals surface area contributed by atoms with E-state index >= 15 is 0 Å². The number of nitrogens with one attached hydrogen (secondary N) is 1. The van der Waals surface area contributed by atoms with Crippen molar-refractivity contribution in [3.05, 3.63) is 69.5 Å². The third kappa shape index (κ3) is 2.71. The number of rotatable bonds is 4. The molecule has 7 heteroatoms. The third-order valence-electron chi connectivity index (χ3n) is 2.69. The van der Waals surface area contributed by atoms with Crippen LogP contribution in [0.25, 0.3) is 0 Å². The molecule has 0 unspecified atom stereocenters. The van der Waals surface area contributed by atoms with Crippen LogP contribution in [0.15, 0.2) is 36.4 Å². The molecule has 0 radical (unpaired) electrons. The highest BCUT2D eigenvalue weighted by Gasteiger charge is 2.15. The van der Waals surface area contributed by atoms with E-state index in [4.69, 9.17) is 0 Å². The molecule has 2 rings (SSSR count). The first kappa shape index (κ1) is 13.9. The Labute approximate surface area is 112 Å². The molecule has 0 fully saturated rings. The Bertz CT molecular complexity index is 662. The smallest absolute Gasteiger partial charge is 0.274 e. The van der Waals surface area contributed by atoms with E-state index in [1.165, 1.54) is 18.2 Å². The van der Waals surface area contributed by atoms with Crippen LogP contribution in [0.4, 0.5) is 24.5 Å². The number of halogens is 3. The molecule has 0 bridgehead atoms. The molecule has 0 saturated heterocycles. The number of benzene rings is 2. The summed E-state index contributed by atoms with van der Waals surface area (Å²) in [6.45, 7) is -0.0842. The monoisotopic (exact) mass is 282 g/mol. The normalized spacial score (nSPS) is 10.3. The van der Waals surface area contributed by atoms with Crippen LogP contribution in [0, 0.1) is 27.6 Å². The van der Waals surface area contributed by atoms with E-state index < -0.39 is 22.4 Å². The van der Waals surface area contributed by atoms with Gasteiger partial charge in [-0.2, -0.15) is 0 Å². The molecule has 20 heavy (non-hydrogen) atoms. The molecule has 4 nitrogen and oxygen atoms in total.